The molecule has 2 heterocycles. The molecule has 0 bridgehead atoms. The van der Waals surface area contributed by atoms with E-state index in [1.54, 1.807) is 0 Å². The molecule has 20 heavy (non-hydrogen) atoms. The molecule has 2 unspecified atom stereocenters. The molecule has 6 nitrogen and oxygen atoms in total. The first-order valence-electron chi connectivity index (χ1n) is 6.91. The van der Waals surface area contributed by atoms with Crippen molar-refractivity contribution in [2.45, 2.75) is 63.8 Å². The van der Waals surface area contributed by atoms with Gasteiger partial charge in [-0.1, -0.05) is 0 Å². The van der Waals surface area contributed by atoms with E-state index in [-0.39, 0.29) is 24.4 Å². The number of aliphatic hydroxyl groups excluding tert-OH is 1. The highest BCUT2D eigenvalue weighted by Crippen LogP contribution is 2.42. The Labute approximate surface area is 119 Å². The molecule has 2 aliphatic rings. The van der Waals surface area contributed by atoms with Crippen LogP contribution in [0.1, 0.15) is 34.1 Å². The average molecular weight is 288 g/mol. The lowest BCUT2D eigenvalue weighted by Crippen LogP contribution is -2.42. The van der Waals surface area contributed by atoms with Crippen LogP contribution in [0.15, 0.2) is 0 Å². The number of carbonyl (C=O) groups excluding carboxylic acids is 1. The van der Waals surface area contributed by atoms with Crippen LogP contribution < -0.4 is 0 Å². The normalized spacial score (nSPS) is 38.9. The van der Waals surface area contributed by atoms with Gasteiger partial charge in [0, 0.05) is 5.92 Å². The summed E-state index contributed by atoms with van der Waals surface area (Å²) in [6.45, 7) is 7.66. The minimum absolute atomic E-state index is 0.0992. The Morgan fingerprint density at radius 2 is 1.95 bits per heavy atom. The van der Waals surface area contributed by atoms with Crippen molar-refractivity contribution in [3.05, 3.63) is 0 Å². The van der Waals surface area contributed by atoms with Crippen molar-refractivity contribution in [1.82, 2.24) is 0 Å². The van der Waals surface area contributed by atoms with Crippen LogP contribution in [-0.2, 0) is 23.7 Å². The maximum absolute atomic E-state index is 11.5. The van der Waals surface area contributed by atoms with Gasteiger partial charge in [0.1, 0.15) is 0 Å². The number of aliphatic hydroxyl groups is 1. The van der Waals surface area contributed by atoms with E-state index in [2.05, 4.69) is 0 Å². The predicted molar refractivity (Wildman–Crippen MR) is 70.0 cm³/mol. The summed E-state index contributed by atoms with van der Waals surface area (Å²) in [6, 6.07) is 0. The van der Waals surface area contributed by atoms with E-state index in [1.165, 1.54) is 7.11 Å². The van der Waals surface area contributed by atoms with Gasteiger partial charge in [-0.2, -0.15) is 0 Å². The number of methoxy groups -OCH3 is 1. The molecule has 0 spiro atoms. The molecule has 0 aliphatic carbocycles. The first kappa shape index (κ1) is 15.7. The molecule has 0 aromatic carbocycles. The van der Waals surface area contributed by atoms with Gasteiger partial charge in [-0.3, -0.25) is 4.79 Å². The number of rotatable bonds is 3. The Kier molecular flexibility index (Phi) is 4.12. The number of carbonyl (C=O) groups is 1. The molecule has 116 valence electrons. The SMILES string of the molecule is COC(=O)C[C@H]1OC(C)(C)C(O)C1[C@H]1COC(C)(C)O1. The van der Waals surface area contributed by atoms with Gasteiger partial charge in [-0.05, 0) is 27.7 Å². The van der Waals surface area contributed by atoms with Gasteiger partial charge in [0.05, 0.1) is 44.1 Å². The predicted octanol–water partition coefficient (Wildman–Crippen LogP) is 0.855. The van der Waals surface area contributed by atoms with Crippen LogP contribution in [0.2, 0.25) is 0 Å². The van der Waals surface area contributed by atoms with E-state index < -0.39 is 23.6 Å². The van der Waals surface area contributed by atoms with Crippen molar-refractivity contribution >= 4 is 5.97 Å². The number of esters is 1. The maximum Gasteiger partial charge on any atom is 0.308 e. The molecule has 4 atom stereocenters. The monoisotopic (exact) mass is 288 g/mol. The average Bonchev–Trinajstić information content (AvgIpc) is 2.78. The second-order valence-corrected chi connectivity index (χ2v) is 6.43. The molecule has 0 aromatic heterocycles. The fourth-order valence-corrected chi connectivity index (χ4v) is 2.98. The van der Waals surface area contributed by atoms with Crippen LogP contribution in [0.4, 0.5) is 0 Å². The summed E-state index contributed by atoms with van der Waals surface area (Å²) in [4.78, 5) is 11.5. The van der Waals surface area contributed by atoms with Crippen LogP contribution in [0, 0.1) is 5.92 Å². The van der Waals surface area contributed by atoms with Crippen molar-refractivity contribution in [3.8, 4) is 0 Å². The maximum atomic E-state index is 11.5. The van der Waals surface area contributed by atoms with E-state index in [0.29, 0.717) is 6.61 Å². The van der Waals surface area contributed by atoms with Crippen molar-refractivity contribution in [2.75, 3.05) is 13.7 Å². The number of hydrogen-bond donors (Lipinski definition) is 1. The summed E-state index contributed by atoms with van der Waals surface area (Å²) >= 11 is 0. The standard InChI is InChI=1S/C14H24O6/c1-13(2)12(16)11(8(19-13)6-10(15)17-5)9-7-18-14(3,4)20-9/h8-9,11-12,16H,6-7H2,1-5H3/t8-,9-,11?,12?/m1/s1. The summed E-state index contributed by atoms with van der Waals surface area (Å²) in [5, 5.41) is 10.5. The molecule has 0 saturated carbocycles. The van der Waals surface area contributed by atoms with Crippen LogP contribution in [0.25, 0.3) is 0 Å². The molecule has 0 radical (unpaired) electrons. The molecule has 1 N–H and O–H groups in total. The van der Waals surface area contributed by atoms with E-state index >= 15 is 0 Å². The highest BCUT2D eigenvalue weighted by molar-refractivity contribution is 5.69. The fraction of sp³-hybridized carbons (Fsp3) is 0.929. The molecule has 2 fully saturated rings. The van der Waals surface area contributed by atoms with Gasteiger partial charge >= 0.3 is 5.97 Å². The van der Waals surface area contributed by atoms with Gasteiger partial charge in [0.2, 0.25) is 0 Å². The van der Waals surface area contributed by atoms with Crippen molar-refractivity contribution in [1.29, 1.82) is 0 Å². The zero-order valence-electron chi connectivity index (χ0n) is 12.7. The topological polar surface area (TPSA) is 74.2 Å². The zero-order chi connectivity index (χ0) is 15.1. The second-order valence-electron chi connectivity index (χ2n) is 6.43. The Balaban J connectivity index is 2.15. The fourth-order valence-electron chi connectivity index (χ4n) is 2.98. The Bertz CT molecular complexity index is 378. The summed E-state index contributed by atoms with van der Waals surface area (Å²) in [6.07, 6.45) is -1.35. The van der Waals surface area contributed by atoms with Crippen molar-refractivity contribution in [3.63, 3.8) is 0 Å². The van der Waals surface area contributed by atoms with Gasteiger partial charge in [0.25, 0.3) is 0 Å². The van der Waals surface area contributed by atoms with E-state index in [9.17, 15) is 9.90 Å². The third kappa shape index (κ3) is 2.98. The highest BCUT2D eigenvalue weighted by Gasteiger charge is 2.55. The lowest BCUT2D eigenvalue weighted by molar-refractivity contribution is -0.153. The van der Waals surface area contributed by atoms with Crippen molar-refractivity contribution in [2.24, 2.45) is 5.92 Å². The molecular weight excluding hydrogens is 264 g/mol. The third-order valence-electron chi connectivity index (χ3n) is 4.02. The molecule has 0 aromatic rings. The Morgan fingerprint density at radius 1 is 1.30 bits per heavy atom. The van der Waals surface area contributed by atoms with Gasteiger partial charge in [0.15, 0.2) is 5.79 Å². The first-order chi connectivity index (χ1) is 9.16. The molecular formula is C14H24O6. The van der Waals surface area contributed by atoms with E-state index in [0.717, 1.165) is 0 Å². The second kappa shape index (κ2) is 5.26. The summed E-state index contributed by atoms with van der Waals surface area (Å²) < 4.78 is 21.9. The first-order valence-corrected chi connectivity index (χ1v) is 6.91. The van der Waals surface area contributed by atoms with Crippen LogP contribution in [0.5, 0.6) is 0 Å². The summed E-state index contributed by atoms with van der Waals surface area (Å²) in [5.74, 6) is -1.35. The molecule has 6 heteroatoms. The molecule has 2 aliphatic heterocycles. The van der Waals surface area contributed by atoms with Crippen LogP contribution in [-0.4, -0.2) is 54.5 Å². The van der Waals surface area contributed by atoms with Gasteiger partial charge in [-0.25, -0.2) is 0 Å². The summed E-state index contributed by atoms with van der Waals surface area (Å²) in [5.41, 5.74) is -0.723. The molecule has 2 saturated heterocycles. The van der Waals surface area contributed by atoms with E-state index in [1.807, 2.05) is 27.7 Å². The third-order valence-corrected chi connectivity index (χ3v) is 4.02. The lowest BCUT2D eigenvalue weighted by Gasteiger charge is -2.27. The largest absolute Gasteiger partial charge is 0.469 e. The highest BCUT2D eigenvalue weighted by atomic mass is 16.7. The lowest BCUT2D eigenvalue weighted by atomic mass is 9.85. The quantitative estimate of drug-likeness (QED) is 0.776. The van der Waals surface area contributed by atoms with Crippen LogP contribution >= 0.6 is 0 Å². The number of hydrogen-bond acceptors (Lipinski definition) is 6. The van der Waals surface area contributed by atoms with Crippen molar-refractivity contribution < 1.29 is 28.8 Å². The zero-order valence-corrected chi connectivity index (χ0v) is 12.7. The Morgan fingerprint density at radius 3 is 2.45 bits per heavy atom. The smallest absolute Gasteiger partial charge is 0.308 e. The number of ether oxygens (including phenoxy) is 4. The molecule has 0 amide bonds. The van der Waals surface area contributed by atoms with E-state index in [4.69, 9.17) is 18.9 Å². The molecule has 2 rings (SSSR count). The minimum Gasteiger partial charge on any atom is -0.469 e. The van der Waals surface area contributed by atoms with Crippen LogP contribution in [0.3, 0.4) is 0 Å². The Hall–Kier alpha value is -0.690. The summed E-state index contributed by atoms with van der Waals surface area (Å²) in [7, 11) is 1.34. The van der Waals surface area contributed by atoms with Gasteiger partial charge in [-0.15, -0.1) is 0 Å². The van der Waals surface area contributed by atoms with Gasteiger partial charge < -0.3 is 24.1 Å². The minimum atomic E-state index is -0.723.